The van der Waals surface area contributed by atoms with E-state index < -0.39 is 0 Å². The summed E-state index contributed by atoms with van der Waals surface area (Å²) in [6, 6.07) is 15.2. The summed E-state index contributed by atoms with van der Waals surface area (Å²) in [4.78, 5) is 14.4. The van der Waals surface area contributed by atoms with Crippen molar-refractivity contribution in [1.82, 2.24) is 0 Å². The van der Waals surface area contributed by atoms with Crippen LogP contribution in [0.1, 0.15) is 11.1 Å². The van der Waals surface area contributed by atoms with E-state index in [2.05, 4.69) is 0 Å². The standard InChI is InChI=1S/C19H14N2O3/c20-11-15(9-13-5-6-17-18(10-13)24-12-23-17)19(22)21-8-7-14-3-1-2-4-16(14)21/h1-6,9-10H,7-8,12H2/b15-9+. The van der Waals surface area contributed by atoms with Gasteiger partial charge in [0, 0.05) is 12.2 Å². The Labute approximate surface area is 139 Å². The first-order chi connectivity index (χ1) is 11.8. The van der Waals surface area contributed by atoms with Gasteiger partial charge in [0.1, 0.15) is 11.6 Å². The number of carbonyl (C=O) groups excluding carboxylic acids is 1. The van der Waals surface area contributed by atoms with E-state index >= 15 is 0 Å². The fraction of sp³-hybridized carbons (Fsp3) is 0.158. The minimum atomic E-state index is -0.278. The van der Waals surface area contributed by atoms with Crippen molar-refractivity contribution in [3.05, 3.63) is 59.2 Å². The van der Waals surface area contributed by atoms with Crippen molar-refractivity contribution < 1.29 is 14.3 Å². The summed E-state index contributed by atoms with van der Waals surface area (Å²) in [7, 11) is 0. The van der Waals surface area contributed by atoms with Crippen molar-refractivity contribution in [2.45, 2.75) is 6.42 Å². The Balaban J connectivity index is 1.64. The summed E-state index contributed by atoms with van der Waals surface area (Å²) in [6.07, 6.45) is 2.40. The summed E-state index contributed by atoms with van der Waals surface area (Å²) in [5.41, 5.74) is 2.85. The SMILES string of the molecule is N#C/C(=C\c1ccc2c(c1)OCO2)C(=O)N1CCc2ccccc21. The molecule has 0 saturated heterocycles. The van der Waals surface area contributed by atoms with Crippen LogP contribution in [0.3, 0.4) is 0 Å². The van der Waals surface area contributed by atoms with Gasteiger partial charge in [-0.3, -0.25) is 4.79 Å². The van der Waals surface area contributed by atoms with Crippen LogP contribution in [0.15, 0.2) is 48.0 Å². The Kier molecular flexibility index (Phi) is 3.43. The lowest BCUT2D eigenvalue weighted by Crippen LogP contribution is -2.29. The second-order valence-electron chi connectivity index (χ2n) is 5.62. The molecule has 5 nitrogen and oxygen atoms in total. The number of fused-ring (bicyclic) bond motifs is 2. The van der Waals surface area contributed by atoms with Crippen molar-refractivity contribution in [1.29, 1.82) is 5.26 Å². The number of hydrogen-bond donors (Lipinski definition) is 0. The Morgan fingerprint density at radius 3 is 2.88 bits per heavy atom. The maximum Gasteiger partial charge on any atom is 0.268 e. The number of rotatable bonds is 2. The molecule has 0 spiro atoms. The van der Waals surface area contributed by atoms with Crippen LogP contribution in [0.25, 0.3) is 6.08 Å². The summed E-state index contributed by atoms with van der Waals surface area (Å²) in [5, 5.41) is 9.44. The van der Waals surface area contributed by atoms with E-state index in [0.29, 0.717) is 18.0 Å². The summed E-state index contributed by atoms with van der Waals surface area (Å²) >= 11 is 0. The number of nitriles is 1. The van der Waals surface area contributed by atoms with Gasteiger partial charge in [-0.1, -0.05) is 24.3 Å². The summed E-state index contributed by atoms with van der Waals surface area (Å²) in [6.45, 7) is 0.787. The number of nitrogens with zero attached hydrogens (tertiary/aromatic N) is 2. The predicted molar refractivity (Wildman–Crippen MR) is 88.7 cm³/mol. The number of hydrogen-bond acceptors (Lipinski definition) is 4. The molecule has 0 aliphatic carbocycles. The van der Waals surface area contributed by atoms with Gasteiger partial charge in [-0.2, -0.15) is 5.26 Å². The fourth-order valence-electron chi connectivity index (χ4n) is 3.01. The molecule has 0 atom stereocenters. The van der Waals surface area contributed by atoms with Gasteiger partial charge in [0.25, 0.3) is 5.91 Å². The molecule has 2 heterocycles. The zero-order valence-corrected chi connectivity index (χ0v) is 12.9. The molecule has 0 fully saturated rings. The lowest BCUT2D eigenvalue weighted by Gasteiger charge is -2.16. The molecule has 2 aliphatic rings. The highest BCUT2D eigenvalue weighted by molar-refractivity contribution is 6.12. The second kappa shape index (κ2) is 5.74. The van der Waals surface area contributed by atoms with Crippen molar-refractivity contribution in [3.8, 4) is 17.6 Å². The molecule has 2 aromatic carbocycles. The first-order valence-corrected chi connectivity index (χ1v) is 7.67. The zero-order valence-electron chi connectivity index (χ0n) is 12.9. The van der Waals surface area contributed by atoms with Crippen LogP contribution in [0.2, 0.25) is 0 Å². The van der Waals surface area contributed by atoms with Crippen molar-refractivity contribution >= 4 is 17.7 Å². The van der Waals surface area contributed by atoms with Gasteiger partial charge in [0.15, 0.2) is 11.5 Å². The van der Waals surface area contributed by atoms with Gasteiger partial charge >= 0.3 is 0 Å². The summed E-state index contributed by atoms with van der Waals surface area (Å²) in [5.74, 6) is 1.02. The number of carbonyl (C=O) groups is 1. The van der Waals surface area contributed by atoms with Crippen LogP contribution in [-0.4, -0.2) is 19.2 Å². The van der Waals surface area contributed by atoms with Crippen molar-refractivity contribution in [2.24, 2.45) is 0 Å². The fourth-order valence-corrected chi connectivity index (χ4v) is 3.01. The minimum absolute atomic E-state index is 0.102. The van der Waals surface area contributed by atoms with Gasteiger partial charge in [0.2, 0.25) is 6.79 Å². The number of amides is 1. The van der Waals surface area contributed by atoms with Gasteiger partial charge in [0.05, 0.1) is 0 Å². The van der Waals surface area contributed by atoms with Gasteiger partial charge in [-0.25, -0.2) is 0 Å². The topological polar surface area (TPSA) is 62.6 Å². The first-order valence-electron chi connectivity index (χ1n) is 7.67. The summed E-state index contributed by atoms with van der Waals surface area (Å²) < 4.78 is 10.6. The highest BCUT2D eigenvalue weighted by Gasteiger charge is 2.26. The molecule has 0 unspecified atom stereocenters. The zero-order chi connectivity index (χ0) is 16.5. The third-order valence-electron chi connectivity index (χ3n) is 4.19. The predicted octanol–water partition coefficient (Wildman–Crippen LogP) is 2.91. The molecule has 1 amide bonds. The van der Waals surface area contributed by atoms with Crippen LogP contribution >= 0.6 is 0 Å². The Morgan fingerprint density at radius 2 is 2.00 bits per heavy atom. The van der Waals surface area contributed by atoms with E-state index in [9.17, 15) is 10.1 Å². The van der Waals surface area contributed by atoms with Gasteiger partial charge < -0.3 is 14.4 Å². The van der Waals surface area contributed by atoms with Crippen LogP contribution in [0.4, 0.5) is 5.69 Å². The first kappa shape index (κ1) is 14.3. The number of ether oxygens (including phenoxy) is 2. The van der Waals surface area contributed by atoms with Gasteiger partial charge in [-0.15, -0.1) is 0 Å². The third kappa shape index (κ3) is 2.38. The van der Waals surface area contributed by atoms with Crippen LogP contribution in [-0.2, 0) is 11.2 Å². The van der Waals surface area contributed by atoms with E-state index in [1.807, 2.05) is 30.3 Å². The molecule has 0 bridgehead atoms. The number of para-hydroxylation sites is 1. The van der Waals surface area contributed by atoms with Crippen LogP contribution < -0.4 is 14.4 Å². The maximum atomic E-state index is 12.8. The van der Waals surface area contributed by atoms with Crippen LogP contribution in [0.5, 0.6) is 11.5 Å². The highest BCUT2D eigenvalue weighted by Crippen LogP contribution is 2.33. The van der Waals surface area contributed by atoms with Crippen molar-refractivity contribution in [2.75, 3.05) is 18.2 Å². The van der Waals surface area contributed by atoms with E-state index in [1.54, 1.807) is 29.2 Å². The van der Waals surface area contributed by atoms with E-state index in [4.69, 9.17) is 9.47 Å². The third-order valence-corrected chi connectivity index (χ3v) is 4.19. The molecular formula is C19H14N2O3. The van der Waals surface area contributed by atoms with E-state index in [1.165, 1.54) is 0 Å². The van der Waals surface area contributed by atoms with Crippen LogP contribution in [0, 0.1) is 11.3 Å². The molecule has 2 aromatic rings. The number of benzene rings is 2. The molecule has 0 radical (unpaired) electrons. The van der Waals surface area contributed by atoms with E-state index in [-0.39, 0.29) is 18.3 Å². The Hall–Kier alpha value is -3.26. The Morgan fingerprint density at radius 1 is 1.17 bits per heavy atom. The molecule has 5 heteroatoms. The molecule has 0 N–H and O–H groups in total. The lowest BCUT2D eigenvalue weighted by molar-refractivity contribution is -0.114. The maximum absolute atomic E-state index is 12.8. The largest absolute Gasteiger partial charge is 0.454 e. The second-order valence-corrected chi connectivity index (χ2v) is 5.62. The van der Waals surface area contributed by atoms with E-state index in [0.717, 1.165) is 23.2 Å². The molecule has 118 valence electrons. The molecule has 0 aromatic heterocycles. The van der Waals surface area contributed by atoms with Crippen molar-refractivity contribution in [3.63, 3.8) is 0 Å². The average Bonchev–Trinajstić information content (AvgIpc) is 3.25. The smallest absolute Gasteiger partial charge is 0.268 e. The highest BCUT2D eigenvalue weighted by atomic mass is 16.7. The molecular weight excluding hydrogens is 304 g/mol. The Bertz CT molecular complexity index is 896. The molecule has 4 rings (SSSR count). The number of anilines is 1. The van der Waals surface area contributed by atoms with Gasteiger partial charge in [-0.05, 0) is 41.8 Å². The molecule has 2 aliphatic heterocycles. The molecule has 0 saturated carbocycles. The monoisotopic (exact) mass is 318 g/mol. The normalized spacial score (nSPS) is 15.1. The molecule has 24 heavy (non-hydrogen) atoms. The lowest BCUT2D eigenvalue weighted by atomic mass is 10.1. The quantitative estimate of drug-likeness (QED) is 0.631. The minimum Gasteiger partial charge on any atom is -0.454 e. The average molecular weight is 318 g/mol.